The molecule has 4 heteroatoms. The Morgan fingerprint density at radius 3 is 2.40 bits per heavy atom. The zero-order valence-electron chi connectivity index (χ0n) is 5.96. The summed E-state index contributed by atoms with van der Waals surface area (Å²) in [7, 11) is 0. The Morgan fingerprint density at radius 2 is 2.30 bits per heavy atom. The van der Waals surface area contributed by atoms with E-state index in [-0.39, 0.29) is 0 Å². The second kappa shape index (κ2) is 2.67. The number of nitrogens with zero attached hydrogens (tertiary/aromatic N) is 1. The lowest BCUT2D eigenvalue weighted by molar-refractivity contribution is -0.137. The fraction of sp³-hybridized carbons (Fsp3) is 0.667. The van der Waals surface area contributed by atoms with E-state index >= 15 is 0 Å². The van der Waals surface area contributed by atoms with E-state index < -0.39 is 17.4 Å². The summed E-state index contributed by atoms with van der Waals surface area (Å²) >= 11 is 0. The molecular formula is C6H10N2O2. The second-order valence-electron chi connectivity index (χ2n) is 2.36. The highest BCUT2D eigenvalue weighted by atomic mass is 16.3. The van der Waals surface area contributed by atoms with Gasteiger partial charge in [0.05, 0.1) is 12.0 Å². The van der Waals surface area contributed by atoms with Crippen molar-refractivity contribution in [2.75, 3.05) is 0 Å². The van der Waals surface area contributed by atoms with E-state index in [2.05, 4.69) is 0 Å². The van der Waals surface area contributed by atoms with Crippen LogP contribution in [0.25, 0.3) is 0 Å². The quantitative estimate of drug-likeness (QED) is 0.538. The van der Waals surface area contributed by atoms with Crippen LogP contribution in [0, 0.1) is 17.2 Å². The minimum Gasteiger partial charge on any atom is -0.379 e. The van der Waals surface area contributed by atoms with Crippen LogP contribution in [0.15, 0.2) is 0 Å². The first-order valence-corrected chi connectivity index (χ1v) is 2.84. The lowest BCUT2D eigenvalue weighted by atomic mass is 9.92. The van der Waals surface area contributed by atoms with Crippen molar-refractivity contribution in [3.8, 4) is 6.07 Å². The van der Waals surface area contributed by atoms with E-state index in [1.54, 1.807) is 6.07 Å². The van der Waals surface area contributed by atoms with Gasteiger partial charge in [-0.05, 0) is 13.8 Å². The summed E-state index contributed by atoms with van der Waals surface area (Å²) in [6.07, 6.45) is 0. The van der Waals surface area contributed by atoms with Gasteiger partial charge >= 0.3 is 0 Å². The van der Waals surface area contributed by atoms with Crippen LogP contribution in [0.5, 0.6) is 0 Å². The molecule has 4 nitrogen and oxygen atoms in total. The zero-order valence-corrected chi connectivity index (χ0v) is 5.96. The van der Waals surface area contributed by atoms with Crippen LogP contribution < -0.4 is 5.73 Å². The van der Waals surface area contributed by atoms with Gasteiger partial charge in [0, 0.05) is 0 Å². The standard InChI is InChI=1S/C6H10N2O2/c1-4(3-7)6(2,10)5(8)9/h4,10H,1-2H3,(H2,8,9)/t4?,6-/m1/s1. The Hall–Kier alpha value is -1.08. The number of primary amides is 1. The number of amides is 1. The van der Waals surface area contributed by atoms with Gasteiger partial charge in [0.2, 0.25) is 5.91 Å². The van der Waals surface area contributed by atoms with Gasteiger partial charge in [-0.25, -0.2) is 0 Å². The number of rotatable bonds is 2. The van der Waals surface area contributed by atoms with Crippen molar-refractivity contribution in [1.29, 1.82) is 5.26 Å². The molecule has 10 heavy (non-hydrogen) atoms. The van der Waals surface area contributed by atoms with Crippen LogP contribution in [0.3, 0.4) is 0 Å². The first-order valence-electron chi connectivity index (χ1n) is 2.84. The average molecular weight is 142 g/mol. The molecule has 0 rings (SSSR count). The Bertz CT molecular complexity index is 181. The Balaban J connectivity index is 4.43. The summed E-state index contributed by atoms with van der Waals surface area (Å²) in [5.41, 5.74) is 3.09. The molecule has 0 aromatic carbocycles. The summed E-state index contributed by atoms with van der Waals surface area (Å²) in [5, 5.41) is 17.5. The number of nitriles is 1. The number of carbonyl (C=O) groups is 1. The number of hydrogen-bond acceptors (Lipinski definition) is 3. The van der Waals surface area contributed by atoms with E-state index in [0.29, 0.717) is 0 Å². The Kier molecular flexibility index (Phi) is 2.38. The topological polar surface area (TPSA) is 87.1 Å². The molecule has 0 saturated heterocycles. The second-order valence-corrected chi connectivity index (χ2v) is 2.36. The monoisotopic (exact) mass is 142 g/mol. The fourth-order valence-corrected chi connectivity index (χ4v) is 0.339. The maximum Gasteiger partial charge on any atom is 0.250 e. The molecule has 0 spiro atoms. The van der Waals surface area contributed by atoms with Crippen molar-refractivity contribution in [3.63, 3.8) is 0 Å². The van der Waals surface area contributed by atoms with Gasteiger partial charge in [-0.2, -0.15) is 5.26 Å². The van der Waals surface area contributed by atoms with Crippen LogP contribution in [0.2, 0.25) is 0 Å². The lowest BCUT2D eigenvalue weighted by Crippen LogP contribution is -2.45. The molecule has 0 heterocycles. The molecule has 0 radical (unpaired) electrons. The zero-order chi connectivity index (χ0) is 8.36. The first-order chi connectivity index (χ1) is 4.42. The maximum absolute atomic E-state index is 10.4. The molecule has 0 fully saturated rings. The van der Waals surface area contributed by atoms with E-state index in [9.17, 15) is 4.79 Å². The minimum atomic E-state index is -1.71. The summed E-state index contributed by atoms with van der Waals surface area (Å²) < 4.78 is 0. The molecule has 0 aliphatic carbocycles. The number of aliphatic hydroxyl groups is 1. The molecule has 0 aromatic rings. The van der Waals surface area contributed by atoms with Gasteiger partial charge in [-0.1, -0.05) is 0 Å². The van der Waals surface area contributed by atoms with Crippen molar-refractivity contribution < 1.29 is 9.90 Å². The van der Waals surface area contributed by atoms with E-state index in [0.717, 1.165) is 0 Å². The van der Waals surface area contributed by atoms with Crippen LogP contribution in [0.1, 0.15) is 13.8 Å². The fourth-order valence-electron chi connectivity index (χ4n) is 0.339. The van der Waals surface area contributed by atoms with Gasteiger partial charge in [-0.15, -0.1) is 0 Å². The largest absolute Gasteiger partial charge is 0.379 e. The molecule has 1 unspecified atom stereocenters. The molecule has 0 saturated carbocycles. The third kappa shape index (κ3) is 1.45. The van der Waals surface area contributed by atoms with Gasteiger partial charge in [-0.3, -0.25) is 4.79 Å². The Morgan fingerprint density at radius 1 is 1.90 bits per heavy atom. The van der Waals surface area contributed by atoms with E-state index in [1.807, 2.05) is 0 Å². The minimum absolute atomic E-state index is 0.773. The number of carbonyl (C=O) groups excluding carboxylic acids is 1. The number of nitrogens with two attached hydrogens (primary N) is 1. The molecular weight excluding hydrogens is 132 g/mol. The summed E-state index contributed by atoms with van der Waals surface area (Å²) in [6.45, 7) is 2.66. The first kappa shape index (κ1) is 8.92. The number of hydrogen-bond donors (Lipinski definition) is 2. The molecule has 1 amide bonds. The molecule has 0 aliphatic rings. The van der Waals surface area contributed by atoms with Crippen molar-refractivity contribution >= 4 is 5.91 Å². The van der Waals surface area contributed by atoms with Crippen LogP contribution in [-0.4, -0.2) is 16.6 Å². The molecule has 0 aliphatic heterocycles. The average Bonchev–Trinajstić information content (AvgIpc) is 1.86. The molecule has 0 bridgehead atoms. The predicted molar refractivity (Wildman–Crippen MR) is 34.6 cm³/mol. The highest BCUT2D eigenvalue weighted by Crippen LogP contribution is 2.14. The van der Waals surface area contributed by atoms with Crippen LogP contribution in [0.4, 0.5) is 0 Å². The molecule has 2 atom stereocenters. The smallest absolute Gasteiger partial charge is 0.250 e. The maximum atomic E-state index is 10.4. The lowest BCUT2D eigenvalue weighted by Gasteiger charge is -2.20. The van der Waals surface area contributed by atoms with Crippen molar-refractivity contribution in [3.05, 3.63) is 0 Å². The normalized spacial score (nSPS) is 18.6. The van der Waals surface area contributed by atoms with Crippen molar-refractivity contribution in [2.45, 2.75) is 19.4 Å². The highest BCUT2D eigenvalue weighted by Gasteiger charge is 2.34. The van der Waals surface area contributed by atoms with Crippen LogP contribution >= 0.6 is 0 Å². The van der Waals surface area contributed by atoms with Crippen molar-refractivity contribution in [2.24, 2.45) is 11.7 Å². The van der Waals surface area contributed by atoms with E-state index in [4.69, 9.17) is 16.1 Å². The van der Waals surface area contributed by atoms with Gasteiger partial charge in [0.1, 0.15) is 0 Å². The molecule has 3 N–H and O–H groups in total. The van der Waals surface area contributed by atoms with E-state index in [1.165, 1.54) is 13.8 Å². The summed E-state index contributed by atoms with van der Waals surface area (Å²) in [6, 6.07) is 1.74. The van der Waals surface area contributed by atoms with Gasteiger partial charge in [0.15, 0.2) is 5.60 Å². The third-order valence-electron chi connectivity index (χ3n) is 1.54. The summed E-state index contributed by atoms with van der Waals surface area (Å²) in [5.74, 6) is -1.65. The summed E-state index contributed by atoms with van der Waals surface area (Å²) in [4.78, 5) is 10.4. The Labute approximate surface area is 59.3 Å². The van der Waals surface area contributed by atoms with Crippen molar-refractivity contribution in [1.82, 2.24) is 0 Å². The predicted octanol–water partition coefficient (Wildman–Crippen LogP) is -0.618. The molecule has 56 valence electrons. The third-order valence-corrected chi connectivity index (χ3v) is 1.54. The van der Waals surface area contributed by atoms with Gasteiger partial charge in [0.25, 0.3) is 0 Å². The van der Waals surface area contributed by atoms with Gasteiger partial charge < -0.3 is 10.8 Å². The SMILES string of the molecule is CC(C#N)[C@@](C)(O)C(N)=O. The molecule has 0 aromatic heterocycles. The van der Waals surface area contributed by atoms with Crippen LogP contribution in [-0.2, 0) is 4.79 Å². The highest BCUT2D eigenvalue weighted by molar-refractivity contribution is 5.83.